The predicted octanol–water partition coefficient (Wildman–Crippen LogP) is 4.51. The smallest absolute Gasteiger partial charge is 0.132 e. The summed E-state index contributed by atoms with van der Waals surface area (Å²) < 4.78 is 1.87. The van der Waals surface area contributed by atoms with Gasteiger partial charge in [0.1, 0.15) is 8.30 Å². The number of alkyl halides is 1. The van der Waals surface area contributed by atoms with Crippen LogP contribution in [0, 0.1) is 9.62 Å². The lowest BCUT2D eigenvalue weighted by atomic mass is 9.79. The molecule has 1 aliphatic carbocycles. The molecule has 5 heteroatoms. The Morgan fingerprint density at radius 1 is 1.38 bits per heavy atom. The number of halogens is 3. The van der Waals surface area contributed by atoms with E-state index in [1.165, 1.54) is 24.8 Å². The van der Waals surface area contributed by atoms with E-state index >= 15 is 0 Å². The minimum absolute atomic E-state index is 0.558. The molecule has 3 unspecified atom stereocenters. The first-order valence-electron chi connectivity index (χ1n) is 5.40. The molecule has 0 aliphatic heterocycles. The van der Waals surface area contributed by atoms with Gasteiger partial charge in [-0.25, -0.2) is 0 Å². The van der Waals surface area contributed by atoms with Gasteiger partial charge in [0.15, 0.2) is 0 Å². The molecule has 0 saturated heterocycles. The summed E-state index contributed by atoms with van der Waals surface area (Å²) in [7, 11) is 0. The van der Waals surface area contributed by atoms with Crippen LogP contribution in [0.3, 0.4) is 0 Å². The fraction of sp³-hybridized carbons (Fsp3) is 0.636. The number of nitrogens with zero attached hydrogens (tertiary/aromatic N) is 2. The Labute approximate surface area is 126 Å². The maximum Gasteiger partial charge on any atom is 0.132 e. The monoisotopic (exact) mass is 458 g/mol. The van der Waals surface area contributed by atoms with Crippen molar-refractivity contribution in [3.8, 4) is 0 Å². The Morgan fingerprint density at radius 2 is 2.12 bits per heavy atom. The molecule has 1 aliphatic rings. The van der Waals surface area contributed by atoms with Crippen LogP contribution >= 0.6 is 54.5 Å². The third kappa shape index (κ3) is 2.96. The van der Waals surface area contributed by atoms with E-state index in [1.54, 1.807) is 0 Å². The van der Waals surface area contributed by atoms with Gasteiger partial charge in [-0.2, -0.15) is 0 Å². The first-order valence-corrected chi connectivity index (χ1v) is 8.19. The van der Waals surface area contributed by atoms with Crippen molar-refractivity contribution in [1.29, 1.82) is 0 Å². The molecule has 0 radical (unpaired) electrons. The highest BCUT2D eigenvalue weighted by atomic mass is 127. The van der Waals surface area contributed by atoms with Crippen molar-refractivity contribution in [3.63, 3.8) is 0 Å². The van der Waals surface area contributed by atoms with E-state index in [4.69, 9.17) is 0 Å². The van der Waals surface area contributed by atoms with Gasteiger partial charge in [-0.1, -0.05) is 22.9 Å². The second kappa shape index (κ2) is 5.61. The lowest BCUT2D eigenvalue weighted by molar-refractivity contribution is 0.354. The minimum Gasteiger partial charge on any atom is -0.143 e. The van der Waals surface area contributed by atoms with Gasteiger partial charge in [-0.05, 0) is 81.2 Å². The summed E-state index contributed by atoms with van der Waals surface area (Å²) in [5, 5.41) is 8.20. The van der Waals surface area contributed by atoms with Crippen LogP contribution in [-0.4, -0.2) is 15.0 Å². The third-order valence-electron chi connectivity index (χ3n) is 3.17. The van der Waals surface area contributed by atoms with Crippen LogP contribution in [0.5, 0.6) is 0 Å². The van der Waals surface area contributed by atoms with E-state index in [2.05, 4.69) is 77.6 Å². The Bertz CT molecular complexity index is 386. The first-order chi connectivity index (χ1) is 7.58. The summed E-state index contributed by atoms with van der Waals surface area (Å²) in [6.07, 6.45) is 3.80. The molecule has 0 aromatic carbocycles. The van der Waals surface area contributed by atoms with Gasteiger partial charge >= 0.3 is 0 Å². The molecule has 1 heterocycles. The zero-order chi connectivity index (χ0) is 11.7. The quantitative estimate of drug-likeness (QED) is 0.456. The van der Waals surface area contributed by atoms with Gasteiger partial charge in [-0.15, -0.1) is 10.2 Å². The normalized spacial score (nSPS) is 30.4. The number of rotatable bonds is 1. The van der Waals surface area contributed by atoms with Crippen molar-refractivity contribution in [2.75, 3.05) is 0 Å². The SMILES string of the molecule is CC1CCC(Br)C(c2cc(I)nnc2Br)C1. The van der Waals surface area contributed by atoms with Crippen molar-refractivity contribution >= 4 is 54.5 Å². The number of aromatic nitrogens is 2. The Hall–Kier alpha value is 0.770. The predicted molar refractivity (Wildman–Crippen MR) is 80.9 cm³/mol. The van der Waals surface area contributed by atoms with E-state index in [9.17, 15) is 0 Å². The van der Waals surface area contributed by atoms with Crippen LogP contribution in [0.15, 0.2) is 10.7 Å². The first kappa shape index (κ1) is 13.2. The summed E-state index contributed by atoms with van der Waals surface area (Å²) in [6.45, 7) is 2.33. The van der Waals surface area contributed by atoms with E-state index < -0.39 is 0 Å². The Morgan fingerprint density at radius 3 is 2.88 bits per heavy atom. The standard InChI is InChI=1S/C11H13Br2IN2/c1-6-2-3-9(12)7(4-6)8-5-10(14)15-16-11(8)13/h5-7,9H,2-4H2,1H3. The van der Waals surface area contributed by atoms with Crippen LogP contribution < -0.4 is 0 Å². The molecule has 16 heavy (non-hydrogen) atoms. The summed E-state index contributed by atoms with van der Waals surface area (Å²) in [4.78, 5) is 0.569. The molecular formula is C11H13Br2IN2. The maximum absolute atomic E-state index is 4.15. The fourth-order valence-electron chi connectivity index (χ4n) is 2.29. The van der Waals surface area contributed by atoms with E-state index in [0.29, 0.717) is 10.7 Å². The van der Waals surface area contributed by atoms with Crippen LogP contribution in [0.1, 0.15) is 37.7 Å². The van der Waals surface area contributed by atoms with Crippen LogP contribution in [0.4, 0.5) is 0 Å². The highest BCUT2D eigenvalue weighted by Gasteiger charge is 2.29. The van der Waals surface area contributed by atoms with Crippen LogP contribution in [0.25, 0.3) is 0 Å². The summed E-state index contributed by atoms with van der Waals surface area (Å²) in [5.41, 5.74) is 1.30. The lowest BCUT2D eigenvalue weighted by Gasteiger charge is -2.32. The van der Waals surface area contributed by atoms with Crippen molar-refractivity contribution in [3.05, 3.63) is 19.9 Å². The number of hydrogen-bond donors (Lipinski definition) is 0. The van der Waals surface area contributed by atoms with Crippen molar-refractivity contribution in [1.82, 2.24) is 10.2 Å². The van der Waals surface area contributed by atoms with Gasteiger partial charge in [-0.3, -0.25) is 0 Å². The Kier molecular flexibility index (Phi) is 4.63. The van der Waals surface area contributed by atoms with Crippen LogP contribution in [-0.2, 0) is 0 Å². The van der Waals surface area contributed by atoms with Crippen LogP contribution in [0.2, 0.25) is 0 Å². The van der Waals surface area contributed by atoms with Gasteiger partial charge < -0.3 is 0 Å². The molecule has 88 valence electrons. The summed E-state index contributed by atoms with van der Waals surface area (Å²) in [5.74, 6) is 1.36. The topological polar surface area (TPSA) is 25.8 Å². The van der Waals surface area contributed by atoms with Gasteiger partial charge in [0.2, 0.25) is 0 Å². The highest BCUT2D eigenvalue weighted by Crippen LogP contribution is 2.42. The molecule has 1 aromatic rings. The molecule has 2 nitrogen and oxygen atoms in total. The zero-order valence-corrected chi connectivity index (χ0v) is 14.3. The van der Waals surface area contributed by atoms with E-state index in [1.807, 2.05) is 0 Å². The van der Waals surface area contributed by atoms with Crippen molar-refractivity contribution in [2.24, 2.45) is 5.92 Å². The molecule has 2 rings (SSSR count). The number of hydrogen-bond acceptors (Lipinski definition) is 2. The van der Waals surface area contributed by atoms with Gasteiger partial charge in [0.05, 0.1) is 0 Å². The fourth-order valence-corrected chi connectivity index (χ4v) is 3.99. The van der Waals surface area contributed by atoms with E-state index in [0.717, 1.165) is 14.2 Å². The van der Waals surface area contributed by atoms with Crippen molar-refractivity contribution < 1.29 is 0 Å². The molecule has 0 spiro atoms. The molecule has 0 bridgehead atoms. The molecule has 0 N–H and O–H groups in total. The molecule has 1 aromatic heterocycles. The summed E-state index contributed by atoms with van der Waals surface area (Å²) >= 11 is 9.54. The van der Waals surface area contributed by atoms with Gasteiger partial charge in [0, 0.05) is 4.83 Å². The maximum atomic E-state index is 4.15. The second-order valence-corrected chi connectivity index (χ2v) is 7.49. The average Bonchev–Trinajstić information content (AvgIpc) is 2.25. The highest BCUT2D eigenvalue weighted by molar-refractivity contribution is 14.1. The summed E-state index contributed by atoms with van der Waals surface area (Å²) in [6, 6.07) is 2.15. The van der Waals surface area contributed by atoms with E-state index in [-0.39, 0.29) is 0 Å². The van der Waals surface area contributed by atoms with Gasteiger partial charge in [0.25, 0.3) is 0 Å². The molecule has 0 amide bonds. The van der Waals surface area contributed by atoms with Crippen molar-refractivity contribution in [2.45, 2.75) is 36.9 Å². The minimum atomic E-state index is 0.558. The Balaban J connectivity index is 2.30. The third-order valence-corrected chi connectivity index (χ3v) is 5.41. The zero-order valence-electron chi connectivity index (χ0n) is 8.96. The molecule has 1 fully saturated rings. The molecule has 1 saturated carbocycles. The second-order valence-electron chi connectivity index (χ2n) is 4.45. The average molecular weight is 460 g/mol. The largest absolute Gasteiger partial charge is 0.143 e. The lowest BCUT2D eigenvalue weighted by Crippen LogP contribution is -2.23. The molecule has 3 atom stereocenters. The molecular weight excluding hydrogens is 447 g/mol.